The van der Waals surface area contributed by atoms with Crippen LogP contribution in [-0.2, 0) is 19.6 Å². The number of nitrogens with one attached hydrogen (secondary N) is 1. The third-order valence-electron chi connectivity index (χ3n) is 5.04. The fourth-order valence-electron chi connectivity index (χ4n) is 3.48. The molecule has 2 amide bonds. The number of aromatic nitrogens is 2. The maximum Gasteiger partial charge on any atom is 0.274 e. The van der Waals surface area contributed by atoms with E-state index in [9.17, 15) is 19.5 Å². The minimum atomic E-state index is -0.882. The summed E-state index contributed by atoms with van der Waals surface area (Å²) in [5, 5.41) is 13.7. The molecule has 1 aromatic carbocycles. The standard InChI is InChI=1S/C22H19ClN4O4/c23-16-5-1-3-14(9-16)12-27-8-7-26-13-17(19(28)20(29)18(26)22(27)31)21(30)25-11-15-4-2-6-24-10-15/h1-6,9-10,13,29H,7-8,11-12H2,(H,25,30). The van der Waals surface area contributed by atoms with Crippen LogP contribution in [0.3, 0.4) is 0 Å². The van der Waals surface area contributed by atoms with Crippen molar-refractivity contribution >= 4 is 23.4 Å². The van der Waals surface area contributed by atoms with Gasteiger partial charge in [0.2, 0.25) is 5.43 Å². The van der Waals surface area contributed by atoms with Crippen LogP contribution in [-0.4, -0.2) is 37.9 Å². The summed E-state index contributed by atoms with van der Waals surface area (Å²) in [7, 11) is 0. The van der Waals surface area contributed by atoms with Crippen LogP contribution in [0.15, 0.2) is 59.8 Å². The molecule has 31 heavy (non-hydrogen) atoms. The third kappa shape index (κ3) is 4.29. The Kier molecular flexibility index (Phi) is 5.73. The Morgan fingerprint density at radius 1 is 1.16 bits per heavy atom. The number of hydrogen-bond acceptors (Lipinski definition) is 5. The van der Waals surface area contributed by atoms with Gasteiger partial charge in [0.15, 0.2) is 11.4 Å². The monoisotopic (exact) mass is 438 g/mol. The molecule has 158 valence electrons. The molecule has 3 aromatic rings. The average Bonchev–Trinajstić information content (AvgIpc) is 2.77. The van der Waals surface area contributed by atoms with Gasteiger partial charge in [0.25, 0.3) is 11.8 Å². The molecule has 0 fully saturated rings. The highest BCUT2D eigenvalue weighted by atomic mass is 35.5. The van der Waals surface area contributed by atoms with Crippen LogP contribution in [0.5, 0.6) is 5.75 Å². The molecule has 0 bridgehead atoms. The van der Waals surface area contributed by atoms with Gasteiger partial charge in [-0.2, -0.15) is 0 Å². The van der Waals surface area contributed by atoms with E-state index in [1.165, 1.54) is 15.7 Å². The average molecular weight is 439 g/mol. The smallest absolute Gasteiger partial charge is 0.274 e. The zero-order valence-corrected chi connectivity index (χ0v) is 17.2. The summed E-state index contributed by atoms with van der Waals surface area (Å²) in [6, 6.07) is 10.7. The Balaban J connectivity index is 1.56. The molecule has 9 heteroatoms. The molecule has 0 aliphatic carbocycles. The summed E-state index contributed by atoms with van der Waals surface area (Å²) < 4.78 is 1.45. The second-order valence-electron chi connectivity index (χ2n) is 7.16. The lowest BCUT2D eigenvalue weighted by Gasteiger charge is -2.30. The number of fused-ring (bicyclic) bond motifs is 1. The summed E-state index contributed by atoms with van der Waals surface area (Å²) in [4.78, 5) is 43.6. The lowest BCUT2D eigenvalue weighted by Crippen LogP contribution is -2.42. The molecular formula is C22H19ClN4O4. The van der Waals surface area contributed by atoms with E-state index in [4.69, 9.17) is 11.6 Å². The largest absolute Gasteiger partial charge is 0.503 e. The van der Waals surface area contributed by atoms with Crippen LogP contribution in [0.2, 0.25) is 5.02 Å². The van der Waals surface area contributed by atoms with Crippen molar-refractivity contribution in [1.29, 1.82) is 0 Å². The Morgan fingerprint density at radius 3 is 2.71 bits per heavy atom. The van der Waals surface area contributed by atoms with E-state index < -0.39 is 23.0 Å². The molecule has 0 spiro atoms. The molecule has 2 aromatic heterocycles. The molecule has 2 N–H and O–H groups in total. The summed E-state index contributed by atoms with van der Waals surface area (Å²) in [5.74, 6) is -1.84. The summed E-state index contributed by atoms with van der Waals surface area (Å²) in [6.45, 7) is 1.16. The van der Waals surface area contributed by atoms with Gasteiger partial charge in [0.05, 0.1) is 0 Å². The van der Waals surface area contributed by atoms with E-state index in [-0.39, 0.29) is 17.8 Å². The van der Waals surface area contributed by atoms with Crippen LogP contribution < -0.4 is 10.7 Å². The molecule has 0 radical (unpaired) electrons. The van der Waals surface area contributed by atoms with Crippen molar-refractivity contribution < 1.29 is 14.7 Å². The molecule has 0 unspecified atom stereocenters. The van der Waals surface area contributed by atoms with Gasteiger partial charge in [-0.25, -0.2) is 0 Å². The number of amides is 2. The second-order valence-corrected chi connectivity index (χ2v) is 7.60. The third-order valence-corrected chi connectivity index (χ3v) is 5.27. The topological polar surface area (TPSA) is 105 Å². The Labute approximate surface area is 182 Å². The van der Waals surface area contributed by atoms with Gasteiger partial charge in [-0.1, -0.05) is 29.8 Å². The van der Waals surface area contributed by atoms with Crippen molar-refractivity contribution in [2.75, 3.05) is 6.54 Å². The van der Waals surface area contributed by atoms with Gasteiger partial charge < -0.3 is 19.9 Å². The summed E-state index contributed by atoms with van der Waals surface area (Å²) >= 11 is 6.01. The zero-order valence-electron chi connectivity index (χ0n) is 16.4. The zero-order chi connectivity index (χ0) is 22.0. The van der Waals surface area contributed by atoms with E-state index in [1.54, 1.807) is 42.7 Å². The molecule has 0 saturated heterocycles. The highest BCUT2D eigenvalue weighted by Gasteiger charge is 2.30. The van der Waals surface area contributed by atoms with E-state index in [0.29, 0.717) is 24.7 Å². The van der Waals surface area contributed by atoms with Gasteiger partial charge in [-0.15, -0.1) is 0 Å². The van der Waals surface area contributed by atoms with Crippen molar-refractivity contribution in [2.45, 2.75) is 19.6 Å². The van der Waals surface area contributed by atoms with Crippen molar-refractivity contribution in [1.82, 2.24) is 19.8 Å². The quantitative estimate of drug-likeness (QED) is 0.635. The second kappa shape index (κ2) is 8.61. The van der Waals surface area contributed by atoms with Crippen LogP contribution >= 0.6 is 11.6 Å². The highest BCUT2D eigenvalue weighted by Crippen LogP contribution is 2.22. The van der Waals surface area contributed by atoms with Crippen molar-refractivity contribution in [3.05, 3.63) is 92.6 Å². The predicted molar refractivity (Wildman–Crippen MR) is 114 cm³/mol. The van der Waals surface area contributed by atoms with Crippen LogP contribution in [0.4, 0.5) is 0 Å². The number of aromatic hydroxyl groups is 1. The number of benzene rings is 1. The first kappa shape index (κ1) is 20.6. The lowest BCUT2D eigenvalue weighted by molar-refractivity contribution is 0.0681. The number of carbonyl (C=O) groups is 2. The predicted octanol–water partition coefficient (Wildman–Crippen LogP) is 2.19. The fourth-order valence-corrected chi connectivity index (χ4v) is 3.69. The normalized spacial score (nSPS) is 13.1. The number of carbonyl (C=O) groups excluding carboxylic acids is 2. The minimum Gasteiger partial charge on any atom is -0.503 e. The van der Waals surface area contributed by atoms with E-state index in [2.05, 4.69) is 10.3 Å². The summed E-state index contributed by atoms with van der Waals surface area (Å²) in [6.07, 6.45) is 4.54. The molecule has 4 rings (SSSR count). The van der Waals surface area contributed by atoms with Crippen molar-refractivity contribution in [2.24, 2.45) is 0 Å². The van der Waals surface area contributed by atoms with E-state index in [0.717, 1.165) is 11.1 Å². The van der Waals surface area contributed by atoms with Crippen LogP contribution in [0, 0.1) is 0 Å². The maximum atomic E-state index is 12.9. The minimum absolute atomic E-state index is 0.123. The molecule has 0 saturated carbocycles. The fraction of sp³-hybridized carbons (Fsp3) is 0.182. The first-order valence-corrected chi connectivity index (χ1v) is 9.99. The summed E-state index contributed by atoms with van der Waals surface area (Å²) in [5.41, 5.74) is 0.378. The maximum absolute atomic E-state index is 12.9. The molecule has 1 aliphatic heterocycles. The number of rotatable bonds is 5. The van der Waals surface area contributed by atoms with Gasteiger partial charge in [0, 0.05) is 49.8 Å². The van der Waals surface area contributed by atoms with E-state index in [1.807, 2.05) is 6.07 Å². The Morgan fingerprint density at radius 2 is 1.97 bits per heavy atom. The number of hydrogen-bond donors (Lipinski definition) is 2. The first-order chi connectivity index (χ1) is 14.9. The SMILES string of the molecule is O=C(NCc1cccnc1)c1cn2c(c(O)c1=O)C(=O)N(Cc1cccc(Cl)c1)CC2. The molecule has 1 aliphatic rings. The first-order valence-electron chi connectivity index (χ1n) is 9.61. The molecule has 0 atom stereocenters. The molecule has 3 heterocycles. The Bertz CT molecular complexity index is 1210. The van der Waals surface area contributed by atoms with Crippen LogP contribution in [0.25, 0.3) is 0 Å². The van der Waals surface area contributed by atoms with Crippen LogP contribution in [0.1, 0.15) is 32.0 Å². The lowest BCUT2D eigenvalue weighted by atomic mass is 10.1. The Hall–Kier alpha value is -3.65. The van der Waals surface area contributed by atoms with Gasteiger partial charge in [0.1, 0.15) is 5.56 Å². The van der Waals surface area contributed by atoms with Gasteiger partial charge >= 0.3 is 0 Å². The number of nitrogens with zero attached hydrogens (tertiary/aromatic N) is 3. The van der Waals surface area contributed by atoms with Gasteiger partial charge in [-0.05, 0) is 29.3 Å². The van der Waals surface area contributed by atoms with Gasteiger partial charge in [-0.3, -0.25) is 19.4 Å². The number of halogens is 1. The van der Waals surface area contributed by atoms with Crippen molar-refractivity contribution in [3.63, 3.8) is 0 Å². The highest BCUT2D eigenvalue weighted by molar-refractivity contribution is 6.30. The van der Waals surface area contributed by atoms with E-state index >= 15 is 0 Å². The van der Waals surface area contributed by atoms with Crippen molar-refractivity contribution in [3.8, 4) is 5.75 Å². The molecule has 8 nitrogen and oxygen atoms in total. The number of pyridine rings is 2. The molecular weight excluding hydrogens is 420 g/mol.